The highest BCUT2D eigenvalue weighted by molar-refractivity contribution is 5.87. The van der Waals surface area contributed by atoms with Gasteiger partial charge in [-0.05, 0) is 25.5 Å². The van der Waals surface area contributed by atoms with Crippen molar-refractivity contribution >= 4 is 16.9 Å². The van der Waals surface area contributed by atoms with Gasteiger partial charge in [0.15, 0.2) is 0 Å². The first-order valence-corrected chi connectivity index (χ1v) is 7.05. The van der Waals surface area contributed by atoms with Gasteiger partial charge in [-0.15, -0.1) is 0 Å². The minimum atomic E-state index is 0.403. The highest BCUT2D eigenvalue weighted by Crippen LogP contribution is 2.21. The third kappa shape index (κ3) is 2.73. The average molecular weight is 270 g/mol. The lowest BCUT2D eigenvalue weighted by Crippen LogP contribution is -2.38. The summed E-state index contributed by atoms with van der Waals surface area (Å²) in [6.07, 6.45) is 5.23. The molecule has 1 aliphatic rings. The average Bonchev–Trinajstić information content (AvgIpc) is 2.95. The van der Waals surface area contributed by atoms with Crippen LogP contribution in [0.4, 0.5) is 5.82 Å². The number of rotatable bonds is 4. The van der Waals surface area contributed by atoms with E-state index in [1.54, 1.807) is 0 Å². The molecule has 0 spiro atoms. The van der Waals surface area contributed by atoms with Crippen molar-refractivity contribution in [1.82, 2.24) is 20.3 Å². The molecule has 2 aromatic rings. The predicted molar refractivity (Wildman–Crippen MR) is 77.3 cm³/mol. The minimum absolute atomic E-state index is 0.403. The Morgan fingerprint density at radius 1 is 1.45 bits per heavy atom. The zero-order chi connectivity index (χ0) is 13.8. The van der Waals surface area contributed by atoms with Crippen LogP contribution in [0.1, 0.15) is 25.1 Å². The highest BCUT2D eigenvalue weighted by atomic mass is 15.1. The van der Waals surface area contributed by atoms with Crippen LogP contribution in [0.15, 0.2) is 12.3 Å². The SMILES string of the molecule is N#CCCc1nc(N[C@@H]2CCCNC2)c2cc[nH]c2n1. The van der Waals surface area contributed by atoms with E-state index in [1.165, 1.54) is 6.42 Å². The molecule has 20 heavy (non-hydrogen) atoms. The molecule has 3 N–H and O–H groups in total. The van der Waals surface area contributed by atoms with Crippen LogP contribution in [0.5, 0.6) is 0 Å². The maximum Gasteiger partial charge on any atom is 0.143 e. The number of nitriles is 1. The van der Waals surface area contributed by atoms with E-state index < -0.39 is 0 Å². The van der Waals surface area contributed by atoms with Crippen LogP contribution in [0, 0.1) is 11.3 Å². The molecule has 0 bridgehead atoms. The Bertz CT molecular complexity index is 620. The smallest absolute Gasteiger partial charge is 0.143 e. The van der Waals surface area contributed by atoms with E-state index in [0.29, 0.717) is 24.7 Å². The molecule has 104 valence electrons. The molecule has 0 aromatic carbocycles. The van der Waals surface area contributed by atoms with Crippen molar-refractivity contribution in [2.75, 3.05) is 18.4 Å². The number of hydrogen-bond donors (Lipinski definition) is 3. The number of fused-ring (bicyclic) bond motifs is 1. The maximum absolute atomic E-state index is 8.69. The highest BCUT2D eigenvalue weighted by Gasteiger charge is 2.16. The maximum atomic E-state index is 8.69. The van der Waals surface area contributed by atoms with E-state index in [2.05, 4.69) is 31.7 Å². The van der Waals surface area contributed by atoms with Crippen molar-refractivity contribution in [1.29, 1.82) is 5.26 Å². The lowest BCUT2D eigenvalue weighted by atomic mass is 10.1. The molecule has 1 saturated heterocycles. The second-order valence-electron chi connectivity index (χ2n) is 5.07. The summed E-state index contributed by atoms with van der Waals surface area (Å²) in [5.41, 5.74) is 0.833. The third-order valence-corrected chi connectivity index (χ3v) is 3.56. The Morgan fingerprint density at radius 2 is 2.40 bits per heavy atom. The Labute approximate surface area is 117 Å². The molecule has 1 atom stereocenters. The second-order valence-corrected chi connectivity index (χ2v) is 5.07. The summed E-state index contributed by atoms with van der Waals surface area (Å²) in [5.74, 6) is 1.59. The Balaban J connectivity index is 1.86. The third-order valence-electron chi connectivity index (χ3n) is 3.56. The quantitative estimate of drug-likeness (QED) is 0.785. The van der Waals surface area contributed by atoms with Crippen LogP contribution in [-0.4, -0.2) is 34.1 Å². The van der Waals surface area contributed by atoms with E-state index in [-0.39, 0.29) is 0 Å². The van der Waals surface area contributed by atoms with Gasteiger partial charge in [-0.3, -0.25) is 0 Å². The molecule has 0 aliphatic carbocycles. The monoisotopic (exact) mass is 270 g/mol. The summed E-state index contributed by atoms with van der Waals surface area (Å²) in [5, 5.41) is 16.6. The number of nitrogens with zero attached hydrogens (tertiary/aromatic N) is 3. The molecule has 3 heterocycles. The molecular formula is C14H18N6. The topological polar surface area (TPSA) is 89.4 Å². The number of anilines is 1. The molecule has 0 radical (unpaired) electrons. The molecule has 1 fully saturated rings. The summed E-state index contributed by atoms with van der Waals surface area (Å²) in [7, 11) is 0. The second kappa shape index (κ2) is 5.88. The number of aryl methyl sites for hydroxylation is 1. The van der Waals surface area contributed by atoms with Gasteiger partial charge in [0, 0.05) is 31.6 Å². The summed E-state index contributed by atoms with van der Waals surface area (Å²) in [4.78, 5) is 12.2. The van der Waals surface area contributed by atoms with Crippen LogP contribution in [0.25, 0.3) is 11.0 Å². The first-order chi connectivity index (χ1) is 9.86. The van der Waals surface area contributed by atoms with Crippen molar-refractivity contribution in [3.63, 3.8) is 0 Å². The number of aromatic amines is 1. The van der Waals surface area contributed by atoms with Gasteiger partial charge < -0.3 is 15.6 Å². The summed E-state index contributed by atoms with van der Waals surface area (Å²) < 4.78 is 0. The fraction of sp³-hybridized carbons (Fsp3) is 0.500. The minimum Gasteiger partial charge on any atom is -0.365 e. The Kier molecular flexibility index (Phi) is 3.79. The largest absolute Gasteiger partial charge is 0.365 e. The van der Waals surface area contributed by atoms with E-state index >= 15 is 0 Å². The van der Waals surface area contributed by atoms with Crippen molar-refractivity contribution in [3.8, 4) is 6.07 Å². The van der Waals surface area contributed by atoms with Crippen molar-refractivity contribution in [2.45, 2.75) is 31.7 Å². The first-order valence-electron chi connectivity index (χ1n) is 7.05. The number of hydrogen-bond acceptors (Lipinski definition) is 5. The number of nitrogens with one attached hydrogen (secondary N) is 3. The van der Waals surface area contributed by atoms with Gasteiger partial charge in [-0.2, -0.15) is 5.26 Å². The van der Waals surface area contributed by atoms with E-state index in [4.69, 9.17) is 5.26 Å². The zero-order valence-electron chi connectivity index (χ0n) is 11.3. The van der Waals surface area contributed by atoms with Gasteiger partial charge in [-0.25, -0.2) is 9.97 Å². The van der Waals surface area contributed by atoms with E-state index in [1.807, 2.05) is 12.3 Å². The Hall–Kier alpha value is -2.13. The van der Waals surface area contributed by atoms with Crippen molar-refractivity contribution in [3.05, 3.63) is 18.1 Å². The molecule has 0 unspecified atom stereocenters. The lowest BCUT2D eigenvalue weighted by Gasteiger charge is -2.24. The van der Waals surface area contributed by atoms with Crippen LogP contribution in [0.2, 0.25) is 0 Å². The van der Waals surface area contributed by atoms with Gasteiger partial charge in [-0.1, -0.05) is 0 Å². The molecule has 1 aliphatic heterocycles. The lowest BCUT2D eigenvalue weighted by molar-refractivity contribution is 0.479. The van der Waals surface area contributed by atoms with Crippen LogP contribution in [0.3, 0.4) is 0 Å². The standard InChI is InChI=1S/C14H18N6/c15-6-1-4-12-19-13-11(5-8-17-13)14(20-12)18-10-3-2-7-16-9-10/h5,8,10,16H,1-4,7,9H2,(H2,17,18,19,20)/t10-/m1/s1. The molecule has 6 heteroatoms. The van der Waals surface area contributed by atoms with Crippen LogP contribution in [-0.2, 0) is 6.42 Å². The number of H-pyrrole nitrogens is 1. The van der Waals surface area contributed by atoms with Gasteiger partial charge in [0.2, 0.25) is 0 Å². The number of aromatic nitrogens is 3. The molecule has 2 aromatic heterocycles. The van der Waals surface area contributed by atoms with Crippen molar-refractivity contribution < 1.29 is 0 Å². The zero-order valence-corrected chi connectivity index (χ0v) is 11.3. The summed E-state index contributed by atoms with van der Waals surface area (Å²) in [6.45, 7) is 2.05. The molecule has 0 amide bonds. The fourth-order valence-corrected chi connectivity index (χ4v) is 2.55. The summed E-state index contributed by atoms with van der Waals surface area (Å²) >= 11 is 0. The van der Waals surface area contributed by atoms with Crippen LogP contribution < -0.4 is 10.6 Å². The molecule has 3 rings (SSSR count). The van der Waals surface area contributed by atoms with Gasteiger partial charge >= 0.3 is 0 Å². The van der Waals surface area contributed by atoms with Gasteiger partial charge in [0.25, 0.3) is 0 Å². The first kappa shape index (κ1) is 12.9. The predicted octanol–water partition coefficient (Wildman–Crippen LogP) is 1.58. The molecule has 6 nitrogen and oxygen atoms in total. The summed E-state index contributed by atoms with van der Waals surface area (Å²) in [6, 6.07) is 4.53. The molecular weight excluding hydrogens is 252 g/mol. The normalized spacial score (nSPS) is 18.9. The van der Waals surface area contributed by atoms with E-state index in [0.717, 1.165) is 36.4 Å². The molecule has 0 saturated carbocycles. The van der Waals surface area contributed by atoms with Gasteiger partial charge in [0.05, 0.1) is 11.5 Å². The van der Waals surface area contributed by atoms with Crippen LogP contribution >= 0.6 is 0 Å². The number of piperidine rings is 1. The van der Waals surface area contributed by atoms with Gasteiger partial charge in [0.1, 0.15) is 17.3 Å². The van der Waals surface area contributed by atoms with E-state index in [9.17, 15) is 0 Å². The van der Waals surface area contributed by atoms with Crippen molar-refractivity contribution in [2.24, 2.45) is 0 Å². The fourth-order valence-electron chi connectivity index (χ4n) is 2.55. The Morgan fingerprint density at radius 3 is 3.20 bits per heavy atom.